The largest absolute Gasteiger partial charge is 0.494 e. The number of aromatic nitrogens is 3. The van der Waals surface area contributed by atoms with Crippen molar-refractivity contribution in [2.75, 3.05) is 11.9 Å². The molecule has 0 bridgehead atoms. The van der Waals surface area contributed by atoms with E-state index < -0.39 is 0 Å². The number of benzene rings is 1. The molecule has 1 aromatic heterocycles. The van der Waals surface area contributed by atoms with Crippen molar-refractivity contribution < 1.29 is 9.53 Å². The fourth-order valence-electron chi connectivity index (χ4n) is 1.60. The minimum absolute atomic E-state index is 0.146. The number of amides is 1. The van der Waals surface area contributed by atoms with Gasteiger partial charge in [-0.3, -0.25) is 9.89 Å². The van der Waals surface area contributed by atoms with Crippen LogP contribution in [0, 0.1) is 0 Å². The molecule has 106 valence electrons. The van der Waals surface area contributed by atoms with Crippen LogP contribution < -0.4 is 10.1 Å². The van der Waals surface area contributed by atoms with Gasteiger partial charge in [0.1, 0.15) is 11.6 Å². The number of ether oxygens (including phenoxy) is 1. The van der Waals surface area contributed by atoms with E-state index in [1.165, 1.54) is 0 Å². The quantitative estimate of drug-likeness (QED) is 0.847. The minimum atomic E-state index is -0.330. The third-order valence-corrected chi connectivity index (χ3v) is 2.65. The number of hydrogen-bond acceptors (Lipinski definition) is 4. The maximum Gasteiger partial charge on any atom is 0.295 e. The monoisotopic (exact) mass is 274 g/mol. The molecule has 1 aromatic carbocycles. The molecule has 0 saturated carbocycles. The molecule has 6 nitrogen and oxygen atoms in total. The number of rotatable bonds is 6. The molecule has 0 aliphatic carbocycles. The second kappa shape index (κ2) is 6.70. The van der Waals surface area contributed by atoms with Gasteiger partial charge in [0.05, 0.1) is 6.61 Å². The van der Waals surface area contributed by atoms with E-state index in [0.717, 1.165) is 12.2 Å². The summed E-state index contributed by atoms with van der Waals surface area (Å²) in [7, 11) is 0. The van der Waals surface area contributed by atoms with Gasteiger partial charge in [-0.05, 0) is 30.7 Å². The maximum atomic E-state index is 11.9. The van der Waals surface area contributed by atoms with Crippen molar-refractivity contribution in [1.82, 2.24) is 15.2 Å². The van der Waals surface area contributed by atoms with Crippen molar-refractivity contribution >= 4 is 11.6 Å². The molecule has 2 rings (SSSR count). The Labute approximate surface area is 117 Å². The number of nitrogens with one attached hydrogen (secondary N) is 2. The zero-order valence-electron chi connectivity index (χ0n) is 11.6. The summed E-state index contributed by atoms with van der Waals surface area (Å²) in [5.74, 6) is 1.30. The van der Waals surface area contributed by atoms with Crippen LogP contribution in [-0.2, 0) is 6.42 Å². The van der Waals surface area contributed by atoms with Crippen LogP contribution in [0.2, 0.25) is 0 Å². The lowest BCUT2D eigenvalue weighted by Gasteiger charge is -2.06. The average Bonchev–Trinajstić information content (AvgIpc) is 2.95. The molecule has 0 aliphatic rings. The molecule has 0 radical (unpaired) electrons. The lowest BCUT2D eigenvalue weighted by molar-refractivity contribution is 0.101. The third-order valence-electron chi connectivity index (χ3n) is 2.65. The molecule has 0 aliphatic heterocycles. The predicted molar refractivity (Wildman–Crippen MR) is 75.9 cm³/mol. The summed E-state index contributed by atoms with van der Waals surface area (Å²) < 4.78 is 5.48. The van der Waals surface area contributed by atoms with E-state index >= 15 is 0 Å². The van der Waals surface area contributed by atoms with Crippen molar-refractivity contribution in [2.24, 2.45) is 0 Å². The Morgan fingerprint density at radius 2 is 2.05 bits per heavy atom. The zero-order valence-corrected chi connectivity index (χ0v) is 11.6. The number of hydrogen-bond donors (Lipinski definition) is 2. The van der Waals surface area contributed by atoms with Gasteiger partial charge in [0.15, 0.2) is 0 Å². The van der Waals surface area contributed by atoms with Crippen molar-refractivity contribution in [3.8, 4) is 5.75 Å². The molecular formula is C14H18N4O2. The van der Waals surface area contributed by atoms with E-state index in [4.69, 9.17) is 4.74 Å². The summed E-state index contributed by atoms with van der Waals surface area (Å²) in [5, 5.41) is 9.32. The molecule has 0 fully saturated rings. The van der Waals surface area contributed by atoms with Gasteiger partial charge in [-0.1, -0.05) is 13.8 Å². The first-order valence-corrected chi connectivity index (χ1v) is 6.68. The molecule has 1 amide bonds. The Hall–Kier alpha value is -2.37. The van der Waals surface area contributed by atoms with Crippen LogP contribution in [0.25, 0.3) is 0 Å². The second-order valence-electron chi connectivity index (χ2n) is 4.29. The maximum absolute atomic E-state index is 11.9. The Bertz CT molecular complexity index is 563. The highest BCUT2D eigenvalue weighted by Crippen LogP contribution is 2.16. The highest BCUT2D eigenvalue weighted by Gasteiger charge is 2.11. The van der Waals surface area contributed by atoms with Gasteiger partial charge in [-0.2, -0.15) is 0 Å². The van der Waals surface area contributed by atoms with E-state index in [0.29, 0.717) is 24.5 Å². The standard InChI is InChI=1S/C14H18N4O2/c1-3-9-20-11-7-5-10(6-8-11)15-14(19)13-16-12(4-2)17-18-13/h5-8H,3-4,9H2,1-2H3,(H,15,19)(H,16,17,18). The molecule has 0 saturated heterocycles. The predicted octanol–water partition coefficient (Wildman–Crippen LogP) is 2.41. The Balaban J connectivity index is 1.97. The minimum Gasteiger partial charge on any atom is -0.494 e. The van der Waals surface area contributed by atoms with Crippen LogP contribution in [0.15, 0.2) is 24.3 Å². The molecule has 0 spiro atoms. The van der Waals surface area contributed by atoms with E-state index in [1.54, 1.807) is 12.1 Å². The lowest BCUT2D eigenvalue weighted by Crippen LogP contribution is -2.13. The highest BCUT2D eigenvalue weighted by molar-refractivity contribution is 6.01. The van der Waals surface area contributed by atoms with Gasteiger partial charge in [0, 0.05) is 12.1 Å². The van der Waals surface area contributed by atoms with Gasteiger partial charge in [-0.15, -0.1) is 5.10 Å². The summed E-state index contributed by atoms with van der Waals surface area (Å²) in [6.45, 7) is 4.68. The van der Waals surface area contributed by atoms with Crippen molar-refractivity contribution in [2.45, 2.75) is 26.7 Å². The molecule has 20 heavy (non-hydrogen) atoms. The topological polar surface area (TPSA) is 79.9 Å². The summed E-state index contributed by atoms with van der Waals surface area (Å²) in [5.41, 5.74) is 0.682. The molecular weight excluding hydrogens is 256 g/mol. The summed E-state index contributed by atoms with van der Waals surface area (Å²) in [4.78, 5) is 16.0. The van der Waals surface area contributed by atoms with Gasteiger partial charge in [-0.25, -0.2) is 4.98 Å². The lowest BCUT2D eigenvalue weighted by atomic mass is 10.3. The van der Waals surface area contributed by atoms with Crippen LogP contribution in [0.5, 0.6) is 5.75 Å². The van der Waals surface area contributed by atoms with Crippen LogP contribution in [0.3, 0.4) is 0 Å². The number of aromatic amines is 1. The van der Waals surface area contributed by atoms with Gasteiger partial charge < -0.3 is 10.1 Å². The number of H-pyrrole nitrogens is 1. The second-order valence-corrected chi connectivity index (χ2v) is 4.29. The average molecular weight is 274 g/mol. The zero-order chi connectivity index (χ0) is 14.4. The van der Waals surface area contributed by atoms with Crippen LogP contribution in [0.4, 0.5) is 5.69 Å². The fraction of sp³-hybridized carbons (Fsp3) is 0.357. The highest BCUT2D eigenvalue weighted by atomic mass is 16.5. The summed E-state index contributed by atoms with van der Waals surface area (Å²) in [6.07, 6.45) is 1.67. The Morgan fingerprint density at radius 1 is 1.30 bits per heavy atom. The van der Waals surface area contributed by atoms with Crippen molar-refractivity contribution in [3.63, 3.8) is 0 Å². The summed E-state index contributed by atoms with van der Waals surface area (Å²) >= 11 is 0. The van der Waals surface area contributed by atoms with Crippen LogP contribution in [0.1, 0.15) is 36.7 Å². The molecule has 0 atom stereocenters. The first-order chi connectivity index (χ1) is 9.72. The normalized spacial score (nSPS) is 10.3. The smallest absolute Gasteiger partial charge is 0.295 e. The van der Waals surface area contributed by atoms with Crippen molar-refractivity contribution in [3.05, 3.63) is 35.9 Å². The molecule has 6 heteroatoms. The van der Waals surface area contributed by atoms with E-state index in [2.05, 4.69) is 27.4 Å². The molecule has 2 N–H and O–H groups in total. The van der Waals surface area contributed by atoms with Crippen LogP contribution >= 0.6 is 0 Å². The molecule has 1 heterocycles. The first-order valence-electron chi connectivity index (χ1n) is 6.68. The number of aryl methyl sites for hydroxylation is 1. The third kappa shape index (κ3) is 3.57. The molecule has 0 unspecified atom stereocenters. The van der Waals surface area contributed by atoms with E-state index in [-0.39, 0.29) is 11.7 Å². The number of nitrogens with zero attached hydrogens (tertiary/aromatic N) is 2. The van der Waals surface area contributed by atoms with Crippen molar-refractivity contribution in [1.29, 1.82) is 0 Å². The van der Waals surface area contributed by atoms with Gasteiger partial charge in [0.2, 0.25) is 5.82 Å². The number of carbonyl (C=O) groups excluding carboxylic acids is 1. The van der Waals surface area contributed by atoms with E-state index in [1.807, 2.05) is 19.1 Å². The Kier molecular flexibility index (Phi) is 4.70. The van der Waals surface area contributed by atoms with Gasteiger partial charge >= 0.3 is 0 Å². The number of carbonyl (C=O) groups is 1. The number of anilines is 1. The first kappa shape index (κ1) is 14.0. The SMILES string of the molecule is CCCOc1ccc(NC(=O)c2n[nH]c(CC)n2)cc1. The Morgan fingerprint density at radius 3 is 2.65 bits per heavy atom. The molecule has 2 aromatic rings. The van der Waals surface area contributed by atoms with Crippen LogP contribution in [-0.4, -0.2) is 27.7 Å². The van der Waals surface area contributed by atoms with Gasteiger partial charge in [0.25, 0.3) is 5.91 Å². The summed E-state index contributed by atoms with van der Waals surface area (Å²) in [6, 6.07) is 7.22. The van der Waals surface area contributed by atoms with E-state index in [9.17, 15) is 4.79 Å². The fourth-order valence-corrected chi connectivity index (χ4v) is 1.60.